The van der Waals surface area contributed by atoms with E-state index in [4.69, 9.17) is 4.42 Å². The van der Waals surface area contributed by atoms with Gasteiger partial charge in [-0.25, -0.2) is 0 Å². The molecule has 1 aliphatic heterocycles. The zero-order valence-corrected chi connectivity index (χ0v) is 15.5. The molecular weight excluding hydrogens is 300 g/mol. The summed E-state index contributed by atoms with van der Waals surface area (Å²) in [5, 5.41) is 1.06. The Bertz CT molecular complexity index is 759. The highest BCUT2D eigenvalue weighted by Gasteiger charge is 2.32. The van der Waals surface area contributed by atoms with Crippen molar-refractivity contribution in [1.29, 1.82) is 0 Å². The molecule has 1 atom stereocenters. The number of rotatable bonds is 4. The molecule has 3 rings (SSSR count). The molecule has 1 saturated heterocycles. The first-order chi connectivity index (χ1) is 11.5. The van der Waals surface area contributed by atoms with E-state index in [1.807, 2.05) is 11.8 Å². The first-order valence-electron chi connectivity index (χ1n) is 9.00. The fraction of sp³-hybridized carbons (Fsp3) is 0.550. The molecule has 4 nitrogen and oxygen atoms in total. The molecule has 1 aromatic heterocycles. The van der Waals surface area contributed by atoms with Crippen molar-refractivity contribution in [2.24, 2.45) is 0 Å². The number of aryl methyl sites for hydroxylation is 3. The summed E-state index contributed by atoms with van der Waals surface area (Å²) in [6.07, 6.45) is 1.05. The lowest BCUT2D eigenvalue weighted by molar-refractivity contribution is 0.0748. The van der Waals surface area contributed by atoms with Gasteiger partial charge in [0.05, 0.1) is 0 Å². The fourth-order valence-corrected chi connectivity index (χ4v) is 3.83. The highest BCUT2D eigenvalue weighted by Crippen LogP contribution is 2.31. The average molecular weight is 328 g/mol. The number of hydrogen-bond donors (Lipinski definition) is 0. The van der Waals surface area contributed by atoms with Gasteiger partial charge in [-0.3, -0.25) is 9.69 Å². The van der Waals surface area contributed by atoms with Crippen molar-refractivity contribution in [2.75, 3.05) is 26.2 Å². The zero-order chi connectivity index (χ0) is 17.4. The summed E-state index contributed by atoms with van der Waals surface area (Å²) in [6.45, 7) is 14.2. The van der Waals surface area contributed by atoms with Crippen molar-refractivity contribution in [1.82, 2.24) is 9.80 Å². The molecule has 24 heavy (non-hydrogen) atoms. The Hall–Kier alpha value is -1.81. The van der Waals surface area contributed by atoms with Gasteiger partial charge >= 0.3 is 0 Å². The Morgan fingerprint density at radius 1 is 1.21 bits per heavy atom. The van der Waals surface area contributed by atoms with Crippen molar-refractivity contribution in [3.63, 3.8) is 0 Å². The number of carbonyl (C=O) groups excluding carboxylic acids is 1. The van der Waals surface area contributed by atoms with Crippen LogP contribution in [0.3, 0.4) is 0 Å². The number of benzene rings is 1. The van der Waals surface area contributed by atoms with Crippen molar-refractivity contribution in [3.05, 3.63) is 34.6 Å². The van der Waals surface area contributed by atoms with E-state index in [1.165, 1.54) is 5.56 Å². The first kappa shape index (κ1) is 17.0. The van der Waals surface area contributed by atoms with Crippen molar-refractivity contribution >= 4 is 16.9 Å². The number of carbonyl (C=O) groups is 1. The van der Waals surface area contributed by atoms with Gasteiger partial charge in [0, 0.05) is 30.1 Å². The topological polar surface area (TPSA) is 36.7 Å². The predicted molar refractivity (Wildman–Crippen MR) is 97.7 cm³/mol. The van der Waals surface area contributed by atoms with E-state index < -0.39 is 0 Å². The van der Waals surface area contributed by atoms with Crippen LogP contribution in [-0.4, -0.2) is 47.9 Å². The maximum absolute atomic E-state index is 13.0. The molecule has 130 valence electrons. The van der Waals surface area contributed by atoms with E-state index in [-0.39, 0.29) is 5.91 Å². The Morgan fingerprint density at radius 2 is 1.92 bits per heavy atom. The SMILES string of the molecule is CCN(CC)C1CCN(C(=O)c2oc3c(C)c(C)ccc3c2C)C1. The highest BCUT2D eigenvalue weighted by atomic mass is 16.3. The third-order valence-electron chi connectivity index (χ3n) is 5.60. The van der Waals surface area contributed by atoms with Gasteiger partial charge in [0.2, 0.25) is 0 Å². The maximum atomic E-state index is 13.0. The Morgan fingerprint density at radius 3 is 2.58 bits per heavy atom. The molecule has 1 aromatic carbocycles. The summed E-state index contributed by atoms with van der Waals surface area (Å²) in [7, 11) is 0. The molecule has 0 spiro atoms. The number of likely N-dealkylation sites (N-methyl/N-ethyl adjacent to an activating group) is 1. The molecule has 0 bridgehead atoms. The molecular formula is C20H28N2O2. The summed E-state index contributed by atoms with van der Waals surface area (Å²) >= 11 is 0. The smallest absolute Gasteiger partial charge is 0.289 e. The second-order valence-electron chi connectivity index (χ2n) is 6.86. The van der Waals surface area contributed by atoms with Crippen LogP contribution in [0.15, 0.2) is 16.5 Å². The monoisotopic (exact) mass is 328 g/mol. The standard InChI is InChI=1S/C20H28N2O2/c1-6-21(7-2)16-10-11-22(12-16)20(23)19-15(5)17-9-8-13(3)14(4)18(17)24-19/h8-9,16H,6-7,10-12H2,1-5H3. The minimum atomic E-state index is 0.0374. The van der Waals surface area contributed by atoms with Crippen molar-refractivity contribution in [2.45, 2.75) is 47.1 Å². The third kappa shape index (κ3) is 2.73. The summed E-state index contributed by atoms with van der Waals surface area (Å²) in [6, 6.07) is 4.63. The lowest BCUT2D eigenvalue weighted by Crippen LogP contribution is -2.38. The van der Waals surface area contributed by atoms with Crippen LogP contribution in [0.1, 0.15) is 47.5 Å². The molecule has 1 amide bonds. The van der Waals surface area contributed by atoms with Gasteiger partial charge in [0.25, 0.3) is 5.91 Å². The van der Waals surface area contributed by atoms with Crippen LogP contribution in [-0.2, 0) is 0 Å². The second-order valence-corrected chi connectivity index (χ2v) is 6.86. The van der Waals surface area contributed by atoms with Crippen molar-refractivity contribution in [3.8, 4) is 0 Å². The Kier molecular flexibility index (Phi) is 4.68. The molecule has 0 aliphatic carbocycles. The van der Waals surface area contributed by atoms with Gasteiger partial charge in [-0.05, 0) is 51.4 Å². The summed E-state index contributed by atoms with van der Waals surface area (Å²) in [5.74, 6) is 0.550. The van der Waals surface area contributed by atoms with Gasteiger partial charge in [-0.2, -0.15) is 0 Å². The second kappa shape index (κ2) is 6.60. The fourth-order valence-electron chi connectivity index (χ4n) is 3.83. The molecule has 0 N–H and O–H groups in total. The Balaban J connectivity index is 1.87. The third-order valence-corrected chi connectivity index (χ3v) is 5.60. The quantitative estimate of drug-likeness (QED) is 0.854. The van der Waals surface area contributed by atoms with Gasteiger partial charge in [-0.15, -0.1) is 0 Å². The molecule has 4 heteroatoms. The average Bonchev–Trinajstić information content (AvgIpc) is 3.18. The van der Waals surface area contributed by atoms with Gasteiger partial charge in [-0.1, -0.05) is 26.0 Å². The van der Waals surface area contributed by atoms with Crippen molar-refractivity contribution < 1.29 is 9.21 Å². The van der Waals surface area contributed by atoms with E-state index in [0.29, 0.717) is 11.8 Å². The van der Waals surface area contributed by atoms with Crippen LogP contribution in [0.2, 0.25) is 0 Å². The minimum absolute atomic E-state index is 0.0374. The van der Waals surface area contributed by atoms with E-state index in [0.717, 1.165) is 54.7 Å². The molecule has 0 saturated carbocycles. The number of likely N-dealkylation sites (tertiary alicyclic amines) is 1. The largest absolute Gasteiger partial charge is 0.450 e. The van der Waals surface area contributed by atoms with Crippen LogP contribution in [0.25, 0.3) is 11.0 Å². The van der Waals surface area contributed by atoms with Gasteiger partial charge < -0.3 is 9.32 Å². The van der Waals surface area contributed by atoms with E-state index in [9.17, 15) is 4.79 Å². The number of hydrogen-bond acceptors (Lipinski definition) is 3. The number of amides is 1. The van der Waals surface area contributed by atoms with Crippen LogP contribution < -0.4 is 0 Å². The number of nitrogens with zero attached hydrogens (tertiary/aromatic N) is 2. The van der Waals surface area contributed by atoms with Gasteiger partial charge in [0.15, 0.2) is 5.76 Å². The predicted octanol–water partition coefficient (Wildman–Crippen LogP) is 3.91. The van der Waals surface area contributed by atoms with Crippen LogP contribution in [0.4, 0.5) is 0 Å². The zero-order valence-electron chi connectivity index (χ0n) is 15.5. The van der Waals surface area contributed by atoms with E-state index in [1.54, 1.807) is 0 Å². The lowest BCUT2D eigenvalue weighted by atomic mass is 10.0. The molecule has 1 unspecified atom stereocenters. The number of furan rings is 1. The number of fused-ring (bicyclic) bond motifs is 1. The molecule has 2 heterocycles. The van der Waals surface area contributed by atoms with E-state index in [2.05, 4.69) is 44.7 Å². The minimum Gasteiger partial charge on any atom is -0.450 e. The molecule has 2 aromatic rings. The summed E-state index contributed by atoms with van der Waals surface area (Å²) in [5.41, 5.74) is 4.13. The first-order valence-corrected chi connectivity index (χ1v) is 9.00. The molecule has 1 aliphatic rings. The maximum Gasteiger partial charge on any atom is 0.289 e. The molecule has 0 radical (unpaired) electrons. The summed E-state index contributed by atoms with van der Waals surface area (Å²) < 4.78 is 6.03. The summed E-state index contributed by atoms with van der Waals surface area (Å²) in [4.78, 5) is 17.4. The highest BCUT2D eigenvalue weighted by molar-refractivity contribution is 5.99. The van der Waals surface area contributed by atoms with Crippen LogP contribution in [0, 0.1) is 20.8 Å². The Labute approximate surface area is 144 Å². The lowest BCUT2D eigenvalue weighted by Gasteiger charge is -2.25. The van der Waals surface area contributed by atoms with Crippen LogP contribution in [0.5, 0.6) is 0 Å². The van der Waals surface area contributed by atoms with Gasteiger partial charge in [0.1, 0.15) is 5.58 Å². The normalized spacial score (nSPS) is 18.1. The van der Waals surface area contributed by atoms with E-state index >= 15 is 0 Å². The van der Waals surface area contributed by atoms with Crippen LogP contribution >= 0.6 is 0 Å². The molecule has 1 fully saturated rings.